The van der Waals surface area contributed by atoms with Gasteiger partial charge in [-0.15, -0.1) is 0 Å². The van der Waals surface area contributed by atoms with Gasteiger partial charge in [0, 0.05) is 43.3 Å². The number of aliphatic hydroxyl groups is 1. The summed E-state index contributed by atoms with van der Waals surface area (Å²) in [5.74, 6) is 0. The zero-order chi connectivity index (χ0) is 16.1. The number of hydrogen-bond donors (Lipinski definition) is 1. The molecule has 0 saturated carbocycles. The van der Waals surface area contributed by atoms with Gasteiger partial charge in [0.1, 0.15) is 0 Å². The highest BCUT2D eigenvalue weighted by Gasteiger charge is 2.27. The van der Waals surface area contributed by atoms with Crippen LogP contribution < -0.4 is 4.90 Å². The second-order valence-corrected chi connectivity index (χ2v) is 6.89. The Bertz CT molecular complexity index is 620. The lowest BCUT2D eigenvalue weighted by molar-refractivity contribution is 0.188. The molecule has 1 atom stereocenters. The van der Waals surface area contributed by atoms with Gasteiger partial charge in [-0.2, -0.15) is 0 Å². The molecule has 3 nitrogen and oxygen atoms in total. The molecule has 0 aliphatic carbocycles. The molecule has 23 heavy (non-hydrogen) atoms. The van der Waals surface area contributed by atoms with E-state index in [-0.39, 0.29) is 6.61 Å². The van der Waals surface area contributed by atoms with Crippen LogP contribution in [0.4, 0.5) is 5.69 Å². The molecule has 1 saturated heterocycles. The summed E-state index contributed by atoms with van der Waals surface area (Å²) in [6, 6.07) is 19.3. The Hall–Kier alpha value is -1.36. The van der Waals surface area contributed by atoms with Crippen molar-refractivity contribution in [2.45, 2.75) is 19.0 Å². The van der Waals surface area contributed by atoms with Crippen LogP contribution in [0.25, 0.3) is 0 Å². The van der Waals surface area contributed by atoms with Crippen molar-refractivity contribution in [3.05, 3.63) is 64.6 Å². The molecular formula is C19H23BrN2O. The van der Waals surface area contributed by atoms with E-state index in [1.54, 1.807) is 0 Å². The van der Waals surface area contributed by atoms with E-state index in [1.807, 2.05) is 6.07 Å². The number of aliphatic hydroxyl groups excluding tert-OH is 1. The third-order valence-corrected chi connectivity index (χ3v) is 5.11. The molecule has 2 aromatic carbocycles. The van der Waals surface area contributed by atoms with Gasteiger partial charge in [-0.05, 0) is 40.0 Å². The SMILES string of the molecule is OCC[C@H]1CN(Cc2ccccc2)CCN1c1ccccc1Br. The van der Waals surface area contributed by atoms with Gasteiger partial charge >= 0.3 is 0 Å². The molecule has 0 aromatic heterocycles. The second-order valence-electron chi connectivity index (χ2n) is 6.03. The third kappa shape index (κ3) is 4.14. The van der Waals surface area contributed by atoms with Crippen molar-refractivity contribution in [2.24, 2.45) is 0 Å². The lowest BCUT2D eigenvalue weighted by atomic mass is 10.1. The summed E-state index contributed by atoms with van der Waals surface area (Å²) in [5.41, 5.74) is 2.58. The number of benzene rings is 2. The maximum absolute atomic E-state index is 9.47. The average Bonchev–Trinajstić information content (AvgIpc) is 2.57. The van der Waals surface area contributed by atoms with Crippen molar-refractivity contribution in [1.29, 1.82) is 0 Å². The van der Waals surface area contributed by atoms with Crippen LogP contribution in [0.1, 0.15) is 12.0 Å². The van der Waals surface area contributed by atoms with Gasteiger partial charge in [0.15, 0.2) is 0 Å². The molecular weight excluding hydrogens is 352 g/mol. The Kier molecular flexibility index (Phi) is 5.70. The zero-order valence-corrected chi connectivity index (χ0v) is 14.8. The maximum Gasteiger partial charge on any atom is 0.0514 e. The quantitative estimate of drug-likeness (QED) is 0.866. The van der Waals surface area contributed by atoms with Gasteiger partial charge < -0.3 is 10.0 Å². The summed E-state index contributed by atoms with van der Waals surface area (Å²) < 4.78 is 1.12. The van der Waals surface area contributed by atoms with Crippen LogP contribution in [0.5, 0.6) is 0 Å². The minimum absolute atomic E-state index is 0.227. The second kappa shape index (κ2) is 7.95. The number of nitrogens with zero attached hydrogens (tertiary/aromatic N) is 2. The highest BCUT2D eigenvalue weighted by molar-refractivity contribution is 9.10. The molecule has 1 aliphatic heterocycles. The molecule has 0 amide bonds. The van der Waals surface area contributed by atoms with E-state index in [2.05, 4.69) is 74.3 Å². The molecule has 1 fully saturated rings. The Morgan fingerprint density at radius 3 is 2.48 bits per heavy atom. The topological polar surface area (TPSA) is 26.7 Å². The molecule has 3 rings (SSSR count). The zero-order valence-electron chi connectivity index (χ0n) is 13.2. The monoisotopic (exact) mass is 374 g/mol. The minimum Gasteiger partial charge on any atom is -0.396 e. The van der Waals surface area contributed by atoms with E-state index in [1.165, 1.54) is 11.3 Å². The summed E-state index contributed by atoms with van der Waals surface area (Å²) in [6.45, 7) is 4.21. The van der Waals surface area contributed by atoms with Crippen LogP contribution in [0.2, 0.25) is 0 Å². The van der Waals surface area contributed by atoms with E-state index >= 15 is 0 Å². The maximum atomic E-state index is 9.47. The number of anilines is 1. The summed E-state index contributed by atoms with van der Waals surface area (Å²) >= 11 is 3.66. The van der Waals surface area contributed by atoms with E-state index in [9.17, 15) is 5.11 Å². The Morgan fingerprint density at radius 2 is 1.74 bits per heavy atom. The van der Waals surface area contributed by atoms with Crippen molar-refractivity contribution in [2.75, 3.05) is 31.1 Å². The van der Waals surface area contributed by atoms with Crippen LogP contribution in [0, 0.1) is 0 Å². The first kappa shape index (κ1) is 16.5. The van der Waals surface area contributed by atoms with Gasteiger partial charge in [-0.1, -0.05) is 42.5 Å². The first-order valence-electron chi connectivity index (χ1n) is 8.16. The van der Waals surface area contributed by atoms with Gasteiger partial charge in [-0.3, -0.25) is 4.90 Å². The molecule has 2 aromatic rings. The first-order valence-corrected chi connectivity index (χ1v) is 8.95. The largest absolute Gasteiger partial charge is 0.396 e. The summed E-state index contributed by atoms with van der Waals surface area (Å²) in [5, 5.41) is 9.47. The fraction of sp³-hybridized carbons (Fsp3) is 0.368. The lowest BCUT2D eigenvalue weighted by Gasteiger charge is -2.43. The average molecular weight is 375 g/mol. The van der Waals surface area contributed by atoms with E-state index in [4.69, 9.17) is 0 Å². The minimum atomic E-state index is 0.227. The predicted octanol–water partition coefficient (Wildman–Crippen LogP) is 3.52. The van der Waals surface area contributed by atoms with Crippen molar-refractivity contribution in [3.63, 3.8) is 0 Å². The van der Waals surface area contributed by atoms with Crippen molar-refractivity contribution < 1.29 is 5.11 Å². The first-order chi connectivity index (χ1) is 11.3. The number of rotatable bonds is 5. The van der Waals surface area contributed by atoms with Crippen LogP contribution in [0.3, 0.4) is 0 Å². The fourth-order valence-corrected chi connectivity index (χ4v) is 3.82. The van der Waals surface area contributed by atoms with Crippen molar-refractivity contribution in [1.82, 2.24) is 4.90 Å². The molecule has 1 heterocycles. The van der Waals surface area contributed by atoms with Crippen molar-refractivity contribution >= 4 is 21.6 Å². The van der Waals surface area contributed by atoms with Crippen LogP contribution in [0.15, 0.2) is 59.1 Å². The van der Waals surface area contributed by atoms with Gasteiger partial charge in [0.2, 0.25) is 0 Å². The van der Waals surface area contributed by atoms with Gasteiger partial charge in [0.25, 0.3) is 0 Å². The highest BCUT2D eigenvalue weighted by Crippen LogP contribution is 2.30. The van der Waals surface area contributed by atoms with Crippen molar-refractivity contribution in [3.8, 4) is 0 Å². The fourth-order valence-electron chi connectivity index (χ4n) is 3.30. The summed E-state index contributed by atoms with van der Waals surface area (Å²) in [7, 11) is 0. The molecule has 0 spiro atoms. The predicted molar refractivity (Wildman–Crippen MR) is 98.7 cm³/mol. The van der Waals surface area contributed by atoms with Gasteiger partial charge in [-0.25, -0.2) is 0 Å². The third-order valence-electron chi connectivity index (χ3n) is 4.44. The lowest BCUT2D eigenvalue weighted by Crippen LogP contribution is -2.53. The number of para-hydroxylation sites is 1. The molecule has 4 heteroatoms. The molecule has 0 radical (unpaired) electrons. The van der Waals surface area contributed by atoms with Crippen LogP contribution >= 0.6 is 15.9 Å². The molecule has 122 valence electrons. The standard InChI is InChI=1S/C19H23BrN2O/c20-18-8-4-5-9-19(18)22-12-11-21(15-17(22)10-13-23)14-16-6-2-1-3-7-16/h1-9,17,23H,10-15H2/t17-/m0/s1. The van der Waals surface area contributed by atoms with E-state index in [0.29, 0.717) is 6.04 Å². The molecule has 0 bridgehead atoms. The van der Waals surface area contributed by atoms with Crippen LogP contribution in [-0.2, 0) is 6.54 Å². The summed E-state index contributed by atoms with van der Waals surface area (Å²) in [6.07, 6.45) is 0.798. The molecule has 1 N–H and O–H groups in total. The van der Waals surface area contributed by atoms with Crippen LogP contribution in [-0.4, -0.2) is 42.3 Å². The Labute approximate surface area is 146 Å². The number of hydrogen-bond acceptors (Lipinski definition) is 3. The van der Waals surface area contributed by atoms with Gasteiger partial charge in [0.05, 0.1) is 5.69 Å². The Balaban J connectivity index is 1.72. The summed E-state index contributed by atoms with van der Waals surface area (Å²) in [4.78, 5) is 4.92. The van der Waals surface area contributed by atoms with E-state index in [0.717, 1.165) is 37.1 Å². The van der Waals surface area contributed by atoms with E-state index < -0.39 is 0 Å². The molecule has 1 aliphatic rings. The molecule has 0 unspecified atom stereocenters. The highest BCUT2D eigenvalue weighted by atomic mass is 79.9. The number of halogens is 1. The number of piperazine rings is 1. The smallest absolute Gasteiger partial charge is 0.0514 e. The normalized spacial score (nSPS) is 19.0. The Morgan fingerprint density at radius 1 is 1.00 bits per heavy atom.